The number of allylic oxidation sites excluding steroid dienone is 12. The van der Waals surface area contributed by atoms with Crippen LogP contribution < -0.4 is 5.32 Å². The molecule has 4 rings (SSSR count). The van der Waals surface area contributed by atoms with E-state index in [2.05, 4.69) is 128 Å². The van der Waals surface area contributed by atoms with E-state index in [1.165, 1.54) is 57.8 Å². The minimum atomic E-state index is -1.28. The van der Waals surface area contributed by atoms with Gasteiger partial charge in [-0.1, -0.05) is 144 Å². The van der Waals surface area contributed by atoms with Gasteiger partial charge in [-0.2, -0.15) is 0 Å². The summed E-state index contributed by atoms with van der Waals surface area (Å²) in [4.78, 5) is 61.3. The summed E-state index contributed by atoms with van der Waals surface area (Å²) in [6.07, 6.45) is 53.5. The van der Waals surface area contributed by atoms with Gasteiger partial charge in [0.2, 0.25) is 11.8 Å². The molecule has 4 aliphatic rings. The summed E-state index contributed by atoms with van der Waals surface area (Å²) in [5.74, 6) is 13.7. The van der Waals surface area contributed by atoms with Crippen LogP contribution in [0.15, 0.2) is 72.9 Å². The summed E-state index contributed by atoms with van der Waals surface area (Å²) >= 11 is 0. The highest BCUT2D eigenvalue weighted by Crippen LogP contribution is 2.56. The minimum absolute atomic E-state index is 0.0781. The van der Waals surface area contributed by atoms with Crippen molar-refractivity contribution in [1.82, 2.24) is 15.1 Å². The lowest BCUT2D eigenvalue weighted by Gasteiger charge is -2.58. The first kappa shape index (κ1) is 65.7. The Morgan fingerprint density at radius 2 is 0.961 bits per heavy atom. The Morgan fingerprint density at radius 3 is 1.39 bits per heavy atom. The fourth-order valence-corrected chi connectivity index (χ4v) is 11.7. The lowest BCUT2D eigenvalue weighted by Crippen LogP contribution is -2.67. The molecule has 0 aromatic carbocycles. The third kappa shape index (κ3) is 28.7. The highest BCUT2D eigenvalue weighted by molar-refractivity contribution is 5.92. The maximum Gasteiger partial charge on any atom is 0.305 e. The van der Waals surface area contributed by atoms with Crippen LogP contribution in [0.5, 0.6) is 0 Å². The molecule has 0 aliphatic heterocycles. The molecule has 0 unspecified atom stereocenters. The third-order valence-corrected chi connectivity index (χ3v) is 15.2. The van der Waals surface area contributed by atoms with Crippen molar-refractivity contribution >= 4 is 23.8 Å². The van der Waals surface area contributed by atoms with Gasteiger partial charge in [0.1, 0.15) is 18.8 Å². The van der Waals surface area contributed by atoms with E-state index in [0.29, 0.717) is 62.8 Å². The molecule has 0 atom stereocenters. The summed E-state index contributed by atoms with van der Waals surface area (Å²) in [6.45, 7) is 8.14. The topological polar surface area (TPSA) is 105 Å². The van der Waals surface area contributed by atoms with Crippen molar-refractivity contribution in [2.75, 3.05) is 40.4 Å². The van der Waals surface area contributed by atoms with E-state index in [9.17, 15) is 14.4 Å². The zero-order valence-corrected chi connectivity index (χ0v) is 48.7. The number of hydrogen-bond acceptors (Lipinski definition) is 7. The van der Waals surface area contributed by atoms with Crippen LogP contribution >= 0.6 is 0 Å². The molecule has 9 nitrogen and oxygen atoms in total. The Bertz CT molecular complexity index is 1860. The molecule has 4 bridgehead atoms. The number of unbranched alkanes of at least 4 members (excludes halogenated alkanes) is 8. The van der Waals surface area contributed by atoms with E-state index in [0.717, 1.165) is 90.0 Å². The van der Waals surface area contributed by atoms with E-state index in [1.54, 1.807) is 0 Å². The number of nitrogens with zero attached hydrogens (tertiary/aromatic N) is 2. The number of carbonyl (C=O) groups excluding carboxylic acids is 4. The number of amides is 2. The Morgan fingerprint density at radius 1 is 0.526 bits per heavy atom. The van der Waals surface area contributed by atoms with Crippen LogP contribution in [0.2, 0.25) is 0 Å². The Balaban J connectivity index is 1.79. The number of ether oxygens (including phenoxy) is 2. The summed E-state index contributed by atoms with van der Waals surface area (Å²) in [5, 5.41) is 3.70. The summed E-state index contributed by atoms with van der Waals surface area (Å²) in [5.41, 5.74) is -1.58. The fourth-order valence-electron chi connectivity index (χ4n) is 11.7. The average Bonchev–Trinajstić information content (AvgIpc) is 3.39. The maximum atomic E-state index is 15.7. The van der Waals surface area contributed by atoms with Crippen LogP contribution in [-0.4, -0.2) is 85.0 Å². The van der Waals surface area contributed by atoms with Crippen molar-refractivity contribution in [3.8, 4) is 23.7 Å². The van der Waals surface area contributed by atoms with Gasteiger partial charge in [0.25, 0.3) is 0 Å². The Labute approximate surface area is 464 Å². The van der Waals surface area contributed by atoms with E-state index < -0.39 is 5.54 Å². The predicted octanol–water partition coefficient (Wildman–Crippen LogP) is 15.2. The number of esters is 2. The molecule has 76 heavy (non-hydrogen) atoms. The Kier molecular flexibility index (Phi) is 35.9. The molecule has 424 valence electrons. The van der Waals surface area contributed by atoms with E-state index in [4.69, 9.17) is 9.47 Å². The highest BCUT2D eigenvalue weighted by atomic mass is 16.5. The van der Waals surface area contributed by atoms with Gasteiger partial charge in [-0.25, -0.2) is 0 Å². The van der Waals surface area contributed by atoms with E-state index in [1.807, 2.05) is 19.0 Å². The van der Waals surface area contributed by atoms with Gasteiger partial charge < -0.3 is 24.6 Å². The number of rotatable bonds is 41. The predicted molar refractivity (Wildman–Crippen MR) is 316 cm³/mol. The molecule has 0 spiro atoms. The molecule has 4 fully saturated rings. The largest absolute Gasteiger partial charge is 0.465 e. The molecule has 1 N–H and O–H groups in total. The molecule has 4 saturated carbocycles. The van der Waals surface area contributed by atoms with E-state index in [-0.39, 0.29) is 74.6 Å². The Hall–Kier alpha value is -4.60. The van der Waals surface area contributed by atoms with Crippen molar-refractivity contribution in [3.63, 3.8) is 0 Å². The normalized spacial score (nSPS) is 19.1. The van der Waals surface area contributed by atoms with Gasteiger partial charge in [-0.15, -0.1) is 11.8 Å². The van der Waals surface area contributed by atoms with Crippen LogP contribution in [0.3, 0.4) is 0 Å². The smallest absolute Gasteiger partial charge is 0.305 e. The molecule has 0 aromatic heterocycles. The van der Waals surface area contributed by atoms with Crippen LogP contribution in [0.1, 0.15) is 233 Å². The van der Waals surface area contributed by atoms with E-state index >= 15 is 4.79 Å². The molecular weight excluding hydrogens is 943 g/mol. The van der Waals surface area contributed by atoms with Crippen LogP contribution in [0.4, 0.5) is 0 Å². The van der Waals surface area contributed by atoms with Crippen molar-refractivity contribution < 1.29 is 28.7 Å². The monoisotopic (exact) mass is 1050 g/mol. The van der Waals surface area contributed by atoms with Crippen molar-refractivity contribution in [2.45, 2.75) is 244 Å². The summed E-state index contributed by atoms with van der Waals surface area (Å²) < 4.78 is 11.4. The van der Waals surface area contributed by atoms with Gasteiger partial charge in [0.05, 0.1) is 0 Å². The number of carbonyl (C=O) groups is 4. The van der Waals surface area contributed by atoms with Crippen molar-refractivity contribution in [2.24, 2.45) is 17.8 Å². The highest BCUT2D eigenvalue weighted by Gasteiger charge is 2.54. The first-order chi connectivity index (χ1) is 37.1. The average molecular weight is 1050 g/mol. The second-order valence-electron chi connectivity index (χ2n) is 22.3. The van der Waals surface area contributed by atoms with Crippen LogP contribution in [0, 0.1) is 41.4 Å². The SMILES string of the molecule is CC/C=C\C/C=C\C/C=C\C/C=C\C/C=C\C/C=C\CCC(=O)N(CCCN(C)C)C(CCCC(=O)OCCC#CCCCCCC)(CCCC(=O)OCCC#CCCCCCC)C(=O)NC12CC3CC(CC(C3)C1)C2. The second-order valence-corrected chi connectivity index (χ2v) is 22.3. The lowest BCUT2D eigenvalue weighted by molar-refractivity contribution is -0.153. The van der Waals surface area contributed by atoms with Gasteiger partial charge in [-0.05, 0) is 167 Å². The summed E-state index contributed by atoms with van der Waals surface area (Å²) in [7, 11) is 4.05. The molecule has 4 aliphatic carbocycles. The van der Waals surface area contributed by atoms with Crippen LogP contribution in [0.25, 0.3) is 0 Å². The van der Waals surface area contributed by atoms with Crippen molar-refractivity contribution in [3.05, 3.63) is 72.9 Å². The molecule has 0 saturated heterocycles. The molecule has 0 aromatic rings. The summed E-state index contributed by atoms with van der Waals surface area (Å²) in [6, 6.07) is 0. The number of hydrogen-bond donors (Lipinski definition) is 1. The maximum absolute atomic E-state index is 15.7. The lowest BCUT2D eigenvalue weighted by atomic mass is 9.53. The first-order valence-electron chi connectivity index (χ1n) is 30.5. The first-order valence-corrected chi connectivity index (χ1v) is 30.5. The molecule has 0 heterocycles. The van der Waals surface area contributed by atoms with Gasteiger partial charge in [0.15, 0.2) is 0 Å². The van der Waals surface area contributed by atoms with Crippen molar-refractivity contribution in [1.29, 1.82) is 0 Å². The molecular formula is C67H105N3O6. The van der Waals surface area contributed by atoms with Gasteiger partial charge in [0, 0.05) is 57.0 Å². The zero-order chi connectivity index (χ0) is 54.8. The fraction of sp³-hybridized carbons (Fsp3) is 0.701. The second kappa shape index (κ2) is 41.5. The zero-order valence-electron chi connectivity index (χ0n) is 48.7. The van der Waals surface area contributed by atoms with Gasteiger partial charge >= 0.3 is 11.9 Å². The van der Waals surface area contributed by atoms with Crippen LogP contribution in [-0.2, 0) is 28.7 Å². The minimum Gasteiger partial charge on any atom is -0.465 e. The molecule has 2 amide bonds. The molecule has 0 radical (unpaired) electrons. The quantitative estimate of drug-likeness (QED) is 0.0281. The molecule has 9 heteroatoms. The third-order valence-electron chi connectivity index (χ3n) is 15.2. The standard InChI is InChI=1S/C67H105N3O6/c1-6-9-12-15-18-21-22-23-24-25-26-27-28-29-30-31-32-35-38-44-62(71)70(50-43-49-69(4)5)67(47-41-45-63(72)75-51-39-36-33-19-16-13-10-7-2,48-42-46-64(73)76-52-40-37-34-20-17-14-11-8-3)65(74)68-66-56-59-53-60(57-66)55-61(54-59)58-66/h9,12,18,21,23-24,26-27,29-30,32,35,59-61H,6-8,10-11,13-17,19-20,22,25,28,31,38-58H2,1-5H3,(H,68,74)/b12-9-,21-18-,24-23-,27-26-,30-29-,35-32-. The number of nitrogens with one attached hydrogen (secondary N) is 1. The van der Waals surface area contributed by atoms with Gasteiger partial charge in [-0.3, -0.25) is 19.2 Å².